The first-order valence-corrected chi connectivity index (χ1v) is 13.8. The Morgan fingerprint density at radius 2 is 1.75 bits per heavy atom. The van der Waals surface area contributed by atoms with Crippen LogP contribution in [0.5, 0.6) is 28.9 Å². The Bertz CT molecular complexity index is 1850. The van der Waals surface area contributed by atoms with Gasteiger partial charge in [0, 0.05) is 41.9 Å². The van der Waals surface area contributed by atoms with Gasteiger partial charge in [0.05, 0.1) is 32.0 Å². The lowest BCUT2D eigenvalue weighted by atomic mass is 9.95. The normalized spacial score (nSPS) is 11.0. The average Bonchev–Trinajstić information content (AvgIpc) is 3.01. The van der Waals surface area contributed by atoms with Crippen LogP contribution in [0.15, 0.2) is 60.8 Å². The van der Waals surface area contributed by atoms with Gasteiger partial charge in [0.1, 0.15) is 28.4 Å². The van der Waals surface area contributed by atoms with Crippen LogP contribution >= 0.6 is 0 Å². The highest BCUT2D eigenvalue weighted by atomic mass is 19.1. The van der Waals surface area contributed by atoms with Crippen LogP contribution in [0, 0.1) is 19.7 Å². The van der Waals surface area contributed by atoms with Crippen molar-refractivity contribution in [3.05, 3.63) is 89.1 Å². The minimum absolute atomic E-state index is 0.0215. The number of nitrogens with one attached hydrogen (secondary N) is 1. The molecule has 3 aromatic heterocycles. The Morgan fingerprint density at radius 1 is 0.977 bits per heavy atom. The van der Waals surface area contributed by atoms with E-state index in [1.54, 1.807) is 62.5 Å². The summed E-state index contributed by atoms with van der Waals surface area (Å²) in [6, 6.07) is 14.3. The Hall–Kier alpha value is -5.29. The van der Waals surface area contributed by atoms with E-state index in [9.17, 15) is 14.3 Å². The topological polar surface area (TPSA) is 125 Å². The van der Waals surface area contributed by atoms with Crippen LogP contribution in [0.25, 0.3) is 22.2 Å². The molecule has 0 aliphatic rings. The number of hydrogen-bond donors (Lipinski definition) is 2. The lowest BCUT2D eigenvalue weighted by Crippen LogP contribution is -2.17. The molecule has 0 aliphatic heterocycles. The molecule has 0 radical (unpaired) electrons. The standard InChI is InChI=1S/C33H31FN4O6/c1-6-43-17-25-29(31(39)28(19(3)36-25)23-12-7-20(34)15-18(23)2)32(40)37-21-8-10-22(11-9-21)44-26-13-14-35-24-16-27(41-4)33(42-5)38-30(24)26/h7-16H,6,17H2,1-5H3,(H,36,39)(H,37,40). The maximum Gasteiger partial charge on any atom is 0.261 e. The van der Waals surface area contributed by atoms with Crippen LogP contribution < -0.4 is 19.5 Å². The first-order valence-electron chi connectivity index (χ1n) is 13.8. The summed E-state index contributed by atoms with van der Waals surface area (Å²) in [7, 11) is 3.02. The van der Waals surface area contributed by atoms with E-state index in [1.165, 1.54) is 26.4 Å². The molecule has 5 rings (SSSR count). The van der Waals surface area contributed by atoms with Crippen molar-refractivity contribution in [2.75, 3.05) is 26.1 Å². The SMILES string of the molecule is CCOCc1nc(C)c(-c2ccc(F)cc2C)c(O)c1C(=O)Nc1ccc(Oc2ccnc3cc(OC)c(OC)nc23)cc1. The number of carbonyl (C=O) groups excluding carboxylic acids is 1. The number of rotatable bonds is 10. The molecule has 226 valence electrons. The van der Waals surface area contributed by atoms with Crippen molar-refractivity contribution in [3.63, 3.8) is 0 Å². The molecule has 5 aromatic rings. The molecule has 3 heterocycles. The average molecular weight is 599 g/mol. The van der Waals surface area contributed by atoms with Crippen LogP contribution in [0.4, 0.5) is 10.1 Å². The summed E-state index contributed by atoms with van der Waals surface area (Å²) in [6.45, 7) is 5.69. The number of methoxy groups -OCH3 is 2. The monoisotopic (exact) mass is 598 g/mol. The van der Waals surface area contributed by atoms with Gasteiger partial charge in [-0.25, -0.2) is 9.37 Å². The van der Waals surface area contributed by atoms with Crippen LogP contribution in [0.1, 0.15) is 34.2 Å². The summed E-state index contributed by atoms with van der Waals surface area (Å²) in [5, 5.41) is 14.2. The molecule has 0 fully saturated rings. The molecule has 10 nitrogen and oxygen atoms in total. The van der Waals surface area contributed by atoms with E-state index in [0.717, 1.165) is 0 Å². The Labute approximate surface area is 253 Å². The van der Waals surface area contributed by atoms with Crippen molar-refractivity contribution >= 4 is 22.6 Å². The van der Waals surface area contributed by atoms with E-state index in [0.29, 0.717) is 68.8 Å². The van der Waals surface area contributed by atoms with E-state index in [-0.39, 0.29) is 23.6 Å². The summed E-state index contributed by atoms with van der Waals surface area (Å²) in [5.41, 5.74) is 3.76. The van der Waals surface area contributed by atoms with Gasteiger partial charge in [-0.05, 0) is 68.3 Å². The van der Waals surface area contributed by atoms with E-state index >= 15 is 0 Å². The lowest BCUT2D eigenvalue weighted by molar-refractivity contribution is 0.100. The van der Waals surface area contributed by atoms with Gasteiger partial charge in [-0.3, -0.25) is 14.8 Å². The fourth-order valence-electron chi connectivity index (χ4n) is 4.83. The Kier molecular flexibility index (Phi) is 8.86. The number of aromatic nitrogens is 3. The van der Waals surface area contributed by atoms with Crippen LogP contribution in [0.3, 0.4) is 0 Å². The largest absolute Gasteiger partial charge is 0.506 e. The number of carbonyl (C=O) groups is 1. The fourth-order valence-corrected chi connectivity index (χ4v) is 4.83. The van der Waals surface area contributed by atoms with Crippen molar-refractivity contribution in [3.8, 4) is 40.0 Å². The quantitative estimate of drug-likeness (QED) is 0.180. The second-order valence-electron chi connectivity index (χ2n) is 9.80. The van der Waals surface area contributed by atoms with Gasteiger partial charge >= 0.3 is 0 Å². The minimum atomic E-state index is -0.579. The van der Waals surface area contributed by atoms with Crippen LogP contribution in [-0.4, -0.2) is 46.8 Å². The summed E-state index contributed by atoms with van der Waals surface area (Å²) in [4.78, 5) is 27.0. The van der Waals surface area contributed by atoms with Gasteiger partial charge in [0.2, 0.25) is 0 Å². The lowest BCUT2D eigenvalue weighted by Gasteiger charge is -2.18. The van der Waals surface area contributed by atoms with Crippen molar-refractivity contribution < 1.29 is 33.2 Å². The molecule has 2 N–H and O–H groups in total. The first kappa shape index (κ1) is 30.2. The summed E-state index contributed by atoms with van der Waals surface area (Å²) in [6.07, 6.45) is 1.60. The van der Waals surface area contributed by atoms with Gasteiger partial charge in [0.15, 0.2) is 11.5 Å². The van der Waals surface area contributed by atoms with Gasteiger partial charge in [-0.15, -0.1) is 0 Å². The van der Waals surface area contributed by atoms with E-state index in [1.807, 2.05) is 6.92 Å². The summed E-state index contributed by atoms with van der Waals surface area (Å²) in [5.74, 6) is 0.442. The number of ether oxygens (including phenoxy) is 4. The Morgan fingerprint density at radius 3 is 2.43 bits per heavy atom. The molecule has 2 aromatic carbocycles. The highest BCUT2D eigenvalue weighted by Gasteiger charge is 2.25. The number of aromatic hydroxyl groups is 1. The highest BCUT2D eigenvalue weighted by molar-refractivity contribution is 6.08. The predicted molar refractivity (Wildman–Crippen MR) is 163 cm³/mol. The molecule has 11 heteroatoms. The number of benzene rings is 2. The molecule has 44 heavy (non-hydrogen) atoms. The molecule has 0 bridgehead atoms. The zero-order chi connectivity index (χ0) is 31.4. The van der Waals surface area contributed by atoms with Crippen molar-refractivity contribution in [1.29, 1.82) is 0 Å². The molecule has 0 atom stereocenters. The maximum absolute atomic E-state index is 13.8. The highest BCUT2D eigenvalue weighted by Crippen LogP contribution is 2.39. The number of anilines is 1. The van der Waals surface area contributed by atoms with E-state index in [4.69, 9.17) is 18.9 Å². The number of amides is 1. The molecule has 0 aliphatic carbocycles. The zero-order valence-electron chi connectivity index (χ0n) is 24.9. The summed E-state index contributed by atoms with van der Waals surface area (Å²) < 4.78 is 36.1. The molecule has 1 amide bonds. The fraction of sp³-hybridized carbons (Fsp3) is 0.212. The number of pyridine rings is 3. The molecule has 0 spiro atoms. The van der Waals surface area contributed by atoms with Crippen molar-refractivity contribution in [2.24, 2.45) is 0 Å². The van der Waals surface area contributed by atoms with Gasteiger partial charge in [-0.1, -0.05) is 6.07 Å². The smallest absolute Gasteiger partial charge is 0.261 e. The van der Waals surface area contributed by atoms with E-state index < -0.39 is 11.7 Å². The number of fused-ring (bicyclic) bond motifs is 1. The van der Waals surface area contributed by atoms with Crippen LogP contribution in [0.2, 0.25) is 0 Å². The zero-order valence-corrected chi connectivity index (χ0v) is 24.9. The number of nitrogens with zero attached hydrogens (tertiary/aromatic N) is 3. The maximum atomic E-state index is 13.8. The van der Waals surface area contributed by atoms with Crippen molar-refractivity contribution in [2.45, 2.75) is 27.4 Å². The third kappa shape index (κ3) is 6.09. The second kappa shape index (κ2) is 12.9. The van der Waals surface area contributed by atoms with Gasteiger partial charge in [-0.2, -0.15) is 0 Å². The molecule has 0 saturated carbocycles. The third-order valence-corrected chi connectivity index (χ3v) is 6.92. The number of halogens is 1. The molecule has 0 unspecified atom stereocenters. The number of hydrogen-bond acceptors (Lipinski definition) is 9. The molecular formula is C33H31FN4O6. The van der Waals surface area contributed by atoms with Gasteiger partial charge < -0.3 is 29.4 Å². The third-order valence-electron chi connectivity index (χ3n) is 6.92. The second-order valence-corrected chi connectivity index (χ2v) is 9.80. The first-order chi connectivity index (χ1) is 21.2. The summed E-state index contributed by atoms with van der Waals surface area (Å²) >= 11 is 0. The van der Waals surface area contributed by atoms with E-state index in [2.05, 4.69) is 20.3 Å². The number of aryl methyl sites for hydroxylation is 2. The Balaban J connectivity index is 1.43. The molecular weight excluding hydrogens is 567 g/mol. The van der Waals surface area contributed by atoms with Gasteiger partial charge in [0.25, 0.3) is 11.8 Å². The minimum Gasteiger partial charge on any atom is -0.506 e. The van der Waals surface area contributed by atoms with Crippen LogP contribution in [-0.2, 0) is 11.3 Å². The predicted octanol–water partition coefficient (Wildman–Crippen LogP) is 6.75. The molecule has 0 saturated heterocycles. The van der Waals surface area contributed by atoms with Crippen molar-refractivity contribution in [1.82, 2.24) is 15.0 Å².